The van der Waals surface area contributed by atoms with Crippen molar-refractivity contribution in [3.8, 4) is 11.3 Å². The van der Waals surface area contributed by atoms with E-state index in [1.807, 2.05) is 24.3 Å². The smallest absolute Gasteiger partial charge is 0.225 e. The largest absolute Gasteiger partial charge is 0.376 e. The molecule has 2 aliphatic rings. The molecule has 2 N–H and O–H groups in total. The third kappa shape index (κ3) is 3.79. The van der Waals surface area contributed by atoms with Crippen molar-refractivity contribution in [1.82, 2.24) is 9.97 Å². The summed E-state index contributed by atoms with van der Waals surface area (Å²) in [6, 6.07) is 12.8. The number of hydrogen-bond donors (Lipinski definition) is 2. The highest BCUT2D eigenvalue weighted by atomic mass is 16.5. The van der Waals surface area contributed by atoms with E-state index in [9.17, 15) is 0 Å². The van der Waals surface area contributed by atoms with E-state index in [1.54, 1.807) is 0 Å². The van der Waals surface area contributed by atoms with Crippen LogP contribution in [0.5, 0.6) is 0 Å². The van der Waals surface area contributed by atoms with Gasteiger partial charge in [0.15, 0.2) is 0 Å². The highest BCUT2D eigenvalue weighted by molar-refractivity contribution is 5.64. The zero-order valence-electron chi connectivity index (χ0n) is 13.2. The fraction of sp³-hybridized carbons (Fsp3) is 0.444. The third-order valence-electron chi connectivity index (χ3n) is 4.24. The minimum Gasteiger partial charge on any atom is -0.376 e. The topological polar surface area (TPSA) is 59.1 Å². The van der Waals surface area contributed by atoms with Crippen LogP contribution < -0.4 is 10.6 Å². The molecule has 0 spiro atoms. The predicted octanol–water partition coefficient (Wildman–Crippen LogP) is 3.31. The Morgan fingerprint density at radius 3 is 2.70 bits per heavy atom. The van der Waals surface area contributed by atoms with Crippen LogP contribution in [0.3, 0.4) is 0 Å². The maximum atomic E-state index is 5.67. The van der Waals surface area contributed by atoms with Crippen molar-refractivity contribution in [3.63, 3.8) is 0 Å². The van der Waals surface area contributed by atoms with Gasteiger partial charge in [-0.2, -0.15) is 4.98 Å². The average Bonchev–Trinajstić information content (AvgIpc) is 3.25. The van der Waals surface area contributed by atoms with Crippen LogP contribution in [0.1, 0.15) is 25.7 Å². The van der Waals surface area contributed by atoms with Gasteiger partial charge in [-0.3, -0.25) is 0 Å². The van der Waals surface area contributed by atoms with Crippen molar-refractivity contribution in [2.45, 2.75) is 37.8 Å². The fourth-order valence-electron chi connectivity index (χ4n) is 2.79. The van der Waals surface area contributed by atoms with Gasteiger partial charge in [0.2, 0.25) is 5.95 Å². The Hall–Kier alpha value is -2.14. The Morgan fingerprint density at radius 1 is 1.09 bits per heavy atom. The number of hydrogen-bond acceptors (Lipinski definition) is 5. The lowest BCUT2D eigenvalue weighted by molar-refractivity contribution is 0.120. The minimum absolute atomic E-state index is 0.296. The lowest BCUT2D eigenvalue weighted by atomic mass is 10.1. The van der Waals surface area contributed by atoms with Crippen molar-refractivity contribution in [2.75, 3.05) is 23.8 Å². The fourth-order valence-corrected chi connectivity index (χ4v) is 2.79. The molecule has 2 heterocycles. The SMILES string of the molecule is c1ccc(-c2cc(NC[C@@H]3CCCO3)nc(NC3CC3)n2)cc1. The first kappa shape index (κ1) is 14.5. The Kier molecular flexibility index (Phi) is 4.11. The summed E-state index contributed by atoms with van der Waals surface area (Å²) in [5.41, 5.74) is 2.05. The van der Waals surface area contributed by atoms with Gasteiger partial charge in [0.25, 0.3) is 0 Å². The first-order chi connectivity index (χ1) is 11.4. The molecule has 1 aliphatic carbocycles. The number of rotatable bonds is 6. The predicted molar refractivity (Wildman–Crippen MR) is 91.6 cm³/mol. The van der Waals surface area contributed by atoms with Crippen LogP contribution in [0.4, 0.5) is 11.8 Å². The summed E-state index contributed by atoms with van der Waals surface area (Å²) in [7, 11) is 0. The molecule has 0 bridgehead atoms. The van der Waals surface area contributed by atoms with Crippen molar-refractivity contribution < 1.29 is 4.74 Å². The molecule has 2 aromatic rings. The Morgan fingerprint density at radius 2 is 1.96 bits per heavy atom. The van der Waals surface area contributed by atoms with E-state index >= 15 is 0 Å². The highest BCUT2D eigenvalue weighted by Crippen LogP contribution is 2.26. The van der Waals surface area contributed by atoms with Gasteiger partial charge in [0.05, 0.1) is 11.8 Å². The number of anilines is 2. The van der Waals surface area contributed by atoms with Gasteiger partial charge in [-0.15, -0.1) is 0 Å². The Balaban J connectivity index is 1.55. The molecular formula is C18H22N4O. The normalized spacial score (nSPS) is 20.4. The second-order valence-electron chi connectivity index (χ2n) is 6.26. The van der Waals surface area contributed by atoms with E-state index in [0.29, 0.717) is 18.1 Å². The molecule has 0 amide bonds. The molecule has 1 atom stereocenters. The lowest BCUT2D eigenvalue weighted by Crippen LogP contribution is -2.19. The van der Waals surface area contributed by atoms with E-state index < -0.39 is 0 Å². The van der Waals surface area contributed by atoms with Crippen molar-refractivity contribution >= 4 is 11.8 Å². The van der Waals surface area contributed by atoms with Crippen LogP contribution in [0, 0.1) is 0 Å². The molecule has 0 unspecified atom stereocenters. The molecule has 1 saturated carbocycles. The number of ether oxygens (including phenoxy) is 1. The van der Waals surface area contributed by atoms with Crippen LogP contribution in [0.25, 0.3) is 11.3 Å². The van der Waals surface area contributed by atoms with E-state index in [4.69, 9.17) is 4.74 Å². The summed E-state index contributed by atoms with van der Waals surface area (Å²) < 4.78 is 5.67. The van der Waals surface area contributed by atoms with Crippen LogP contribution in [-0.2, 0) is 4.74 Å². The maximum absolute atomic E-state index is 5.67. The Bertz CT molecular complexity index is 651. The van der Waals surface area contributed by atoms with Crippen LogP contribution >= 0.6 is 0 Å². The molecule has 1 aromatic carbocycles. The molecule has 2 fully saturated rings. The lowest BCUT2D eigenvalue weighted by Gasteiger charge is -2.14. The Labute approximate surface area is 136 Å². The molecule has 0 radical (unpaired) electrons. The molecule has 120 valence electrons. The van der Waals surface area contributed by atoms with Gasteiger partial charge < -0.3 is 15.4 Å². The third-order valence-corrected chi connectivity index (χ3v) is 4.24. The maximum Gasteiger partial charge on any atom is 0.225 e. The summed E-state index contributed by atoms with van der Waals surface area (Å²) in [6.07, 6.45) is 4.98. The highest BCUT2D eigenvalue weighted by Gasteiger charge is 2.22. The molecule has 5 heteroatoms. The summed E-state index contributed by atoms with van der Waals surface area (Å²) in [4.78, 5) is 9.28. The number of nitrogens with one attached hydrogen (secondary N) is 2. The standard InChI is InChI=1S/C18H22N4O/c1-2-5-13(6-3-1)16-11-17(19-12-15-7-4-10-23-15)22-18(21-16)20-14-8-9-14/h1-3,5-6,11,14-15H,4,7-10,12H2,(H2,19,20,21,22)/t15-/m0/s1. The number of benzene rings is 1. The van der Waals surface area contributed by atoms with Gasteiger partial charge in [0.1, 0.15) is 5.82 Å². The summed E-state index contributed by atoms with van der Waals surface area (Å²) in [5.74, 6) is 1.57. The monoisotopic (exact) mass is 310 g/mol. The molecule has 1 saturated heterocycles. The van der Waals surface area contributed by atoms with Crippen LogP contribution in [0.2, 0.25) is 0 Å². The molecule has 1 aromatic heterocycles. The second-order valence-corrected chi connectivity index (χ2v) is 6.26. The van der Waals surface area contributed by atoms with Crippen molar-refractivity contribution in [1.29, 1.82) is 0 Å². The van der Waals surface area contributed by atoms with E-state index in [1.165, 1.54) is 12.8 Å². The van der Waals surface area contributed by atoms with Gasteiger partial charge in [-0.05, 0) is 25.7 Å². The molecule has 23 heavy (non-hydrogen) atoms. The summed E-state index contributed by atoms with van der Waals surface area (Å²) in [6.45, 7) is 1.67. The van der Waals surface area contributed by atoms with Gasteiger partial charge in [0, 0.05) is 30.8 Å². The average molecular weight is 310 g/mol. The number of aromatic nitrogens is 2. The minimum atomic E-state index is 0.296. The zero-order chi connectivity index (χ0) is 15.5. The quantitative estimate of drug-likeness (QED) is 0.857. The van der Waals surface area contributed by atoms with Crippen molar-refractivity contribution in [3.05, 3.63) is 36.4 Å². The first-order valence-corrected chi connectivity index (χ1v) is 8.43. The van der Waals surface area contributed by atoms with Gasteiger partial charge in [-0.1, -0.05) is 30.3 Å². The van der Waals surface area contributed by atoms with E-state index in [-0.39, 0.29) is 0 Å². The summed E-state index contributed by atoms with van der Waals surface area (Å²) >= 11 is 0. The van der Waals surface area contributed by atoms with Crippen LogP contribution in [0.15, 0.2) is 36.4 Å². The van der Waals surface area contributed by atoms with E-state index in [0.717, 1.165) is 43.1 Å². The number of nitrogens with zero attached hydrogens (tertiary/aromatic N) is 2. The van der Waals surface area contributed by atoms with Crippen molar-refractivity contribution in [2.24, 2.45) is 0 Å². The van der Waals surface area contributed by atoms with Crippen LogP contribution in [-0.4, -0.2) is 35.3 Å². The molecule has 4 rings (SSSR count). The summed E-state index contributed by atoms with van der Waals surface area (Å²) in [5, 5.41) is 6.82. The molecule has 1 aliphatic heterocycles. The second kappa shape index (κ2) is 6.54. The zero-order valence-corrected chi connectivity index (χ0v) is 13.2. The van der Waals surface area contributed by atoms with Gasteiger partial charge in [-0.25, -0.2) is 4.98 Å². The first-order valence-electron chi connectivity index (χ1n) is 8.43. The van der Waals surface area contributed by atoms with E-state index in [2.05, 4.69) is 32.7 Å². The molecular weight excluding hydrogens is 288 g/mol. The van der Waals surface area contributed by atoms with Gasteiger partial charge >= 0.3 is 0 Å². The molecule has 5 nitrogen and oxygen atoms in total.